The number of hydrogen-bond donors (Lipinski definition) is 2. The molecule has 1 saturated heterocycles. The molecule has 132 valence electrons. The molecule has 2 aromatic carbocycles. The third-order valence-electron chi connectivity index (χ3n) is 5.01. The van der Waals surface area contributed by atoms with E-state index in [1.54, 1.807) is 0 Å². The lowest BCUT2D eigenvalue weighted by Crippen LogP contribution is -2.40. The quantitative estimate of drug-likeness (QED) is 0.890. The minimum atomic E-state index is -0.0114. The number of nitrogens with zero attached hydrogens (tertiary/aromatic N) is 1. The number of piperidine rings is 1. The maximum Gasteiger partial charge on any atom is 0.228 e. The first-order chi connectivity index (χ1) is 12.0. The number of hydrogen-bond acceptors (Lipinski definition) is 3. The number of para-hydroxylation sites is 1. The van der Waals surface area contributed by atoms with Gasteiger partial charge in [-0.05, 0) is 62.6 Å². The maximum absolute atomic E-state index is 12.5. The van der Waals surface area contributed by atoms with Crippen LogP contribution in [0.15, 0.2) is 42.5 Å². The highest BCUT2D eigenvalue weighted by Crippen LogP contribution is 2.26. The summed E-state index contributed by atoms with van der Waals surface area (Å²) in [6.45, 7) is 6.43. The number of amides is 1. The van der Waals surface area contributed by atoms with Crippen molar-refractivity contribution in [3.05, 3.63) is 59.2 Å². The Bertz CT molecular complexity index is 743. The molecule has 0 spiro atoms. The predicted octanol–water partition coefficient (Wildman–Crippen LogP) is 3.86. The highest BCUT2D eigenvalue weighted by molar-refractivity contribution is 5.92. The van der Waals surface area contributed by atoms with Crippen molar-refractivity contribution in [3.63, 3.8) is 0 Å². The number of carbonyl (C=O) groups is 1. The van der Waals surface area contributed by atoms with Gasteiger partial charge < -0.3 is 10.4 Å². The summed E-state index contributed by atoms with van der Waals surface area (Å²) in [5.74, 6) is 0.418. The van der Waals surface area contributed by atoms with Crippen LogP contribution in [0, 0.1) is 19.8 Å². The standard InChI is InChI=1S/C21H26N2O2/c1-15-11-18(20(24)12-16(15)2)14-23-10-6-7-17(13-23)21(25)22-19-8-4-3-5-9-19/h3-5,8-9,11-12,17,24H,6-7,10,13-14H2,1-2H3,(H,22,25). The van der Waals surface area contributed by atoms with Gasteiger partial charge in [0, 0.05) is 24.3 Å². The Morgan fingerprint density at radius 2 is 1.92 bits per heavy atom. The fraction of sp³-hybridized carbons (Fsp3) is 0.381. The molecule has 1 fully saturated rings. The Labute approximate surface area is 149 Å². The van der Waals surface area contributed by atoms with Crippen molar-refractivity contribution >= 4 is 11.6 Å². The number of anilines is 1. The van der Waals surface area contributed by atoms with Gasteiger partial charge in [0.25, 0.3) is 0 Å². The van der Waals surface area contributed by atoms with Crippen LogP contribution in [-0.2, 0) is 11.3 Å². The minimum Gasteiger partial charge on any atom is -0.508 e. The zero-order valence-corrected chi connectivity index (χ0v) is 15.0. The number of carbonyl (C=O) groups excluding carboxylic acids is 1. The van der Waals surface area contributed by atoms with Crippen molar-refractivity contribution < 1.29 is 9.90 Å². The number of benzene rings is 2. The molecule has 2 aromatic rings. The second-order valence-electron chi connectivity index (χ2n) is 6.99. The SMILES string of the molecule is Cc1cc(O)c(CN2CCCC(C(=O)Nc3ccccc3)C2)cc1C. The zero-order chi connectivity index (χ0) is 17.8. The van der Waals surface area contributed by atoms with E-state index in [9.17, 15) is 9.90 Å². The van der Waals surface area contributed by atoms with Crippen molar-refractivity contribution in [1.82, 2.24) is 4.90 Å². The minimum absolute atomic E-state index is 0.0114. The number of phenols is 1. The third-order valence-corrected chi connectivity index (χ3v) is 5.01. The van der Waals surface area contributed by atoms with Crippen LogP contribution in [0.2, 0.25) is 0 Å². The first-order valence-corrected chi connectivity index (χ1v) is 8.90. The molecule has 1 unspecified atom stereocenters. The van der Waals surface area contributed by atoms with Gasteiger partial charge in [0.1, 0.15) is 5.75 Å². The van der Waals surface area contributed by atoms with Gasteiger partial charge >= 0.3 is 0 Å². The summed E-state index contributed by atoms with van der Waals surface area (Å²) >= 11 is 0. The van der Waals surface area contributed by atoms with Crippen molar-refractivity contribution in [2.75, 3.05) is 18.4 Å². The molecule has 4 nitrogen and oxygen atoms in total. The first kappa shape index (κ1) is 17.5. The second-order valence-corrected chi connectivity index (χ2v) is 6.99. The highest BCUT2D eigenvalue weighted by Gasteiger charge is 2.26. The molecule has 1 aliphatic heterocycles. The Morgan fingerprint density at radius 1 is 1.20 bits per heavy atom. The lowest BCUT2D eigenvalue weighted by atomic mass is 9.96. The summed E-state index contributed by atoms with van der Waals surface area (Å²) in [7, 11) is 0. The van der Waals surface area contributed by atoms with E-state index in [4.69, 9.17) is 0 Å². The molecule has 1 heterocycles. The van der Waals surface area contributed by atoms with Crippen molar-refractivity contribution in [3.8, 4) is 5.75 Å². The fourth-order valence-corrected chi connectivity index (χ4v) is 3.41. The molecule has 4 heteroatoms. The highest BCUT2D eigenvalue weighted by atomic mass is 16.3. The molecule has 1 aliphatic rings. The summed E-state index contributed by atoms with van der Waals surface area (Å²) in [4.78, 5) is 14.8. The van der Waals surface area contributed by atoms with Crippen LogP contribution >= 0.6 is 0 Å². The van der Waals surface area contributed by atoms with Crippen LogP contribution in [0.5, 0.6) is 5.75 Å². The number of rotatable bonds is 4. The monoisotopic (exact) mass is 338 g/mol. The molecule has 2 N–H and O–H groups in total. The predicted molar refractivity (Wildman–Crippen MR) is 101 cm³/mol. The molecule has 0 radical (unpaired) electrons. The van der Waals surface area contributed by atoms with E-state index in [1.807, 2.05) is 43.3 Å². The molecule has 1 atom stereocenters. The Morgan fingerprint density at radius 3 is 2.68 bits per heavy atom. The van der Waals surface area contributed by atoms with E-state index in [0.717, 1.165) is 42.7 Å². The van der Waals surface area contributed by atoms with Crippen molar-refractivity contribution in [1.29, 1.82) is 0 Å². The van der Waals surface area contributed by atoms with E-state index in [-0.39, 0.29) is 11.8 Å². The lowest BCUT2D eigenvalue weighted by molar-refractivity contribution is -0.121. The van der Waals surface area contributed by atoms with Crippen LogP contribution in [0.1, 0.15) is 29.5 Å². The van der Waals surface area contributed by atoms with E-state index in [0.29, 0.717) is 12.3 Å². The molecule has 0 bridgehead atoms. The maximum atomic E-state index is 12.5. The summed E-state index contributed by atoms with van der Waals surface area (Å²) in [5, 5.41) is 13.2. The summed E-state index contributed by atoms with van der Waals surface area (Å²) in [6, 6.07) is 13.5. The number of phenolic OH excluding ortho intramolecular Hbond substituents is 1. The van der Waals surface area contributed by atoms with Crippen LogP contribution < -0.4 is 5.32 Å². The van der Waals surface area contributed by atoms with Gasteiger partial charge in [-0.3, -0.25) is 9.69 Å². The molecule has 0 aromatic heterocycles. The van der Waals surface area contributed by atoms with E-state index in [2.05, 4.69) is 23.2 Å². The van der Waals surface area contributed by atoms with Gasteiger partial charge in [-0.15, -0.1) is 0 Å². The molecule has 0 aliphatic carbocycles. The van der Waals surface area contributed by atoms with Gasteiger partial charge in [0.2, 0.25) is 5.91 Å². The molecular formula is C21H26N2O2. The molecule has 1 amide bonds. The zero-order valence-electron chi connectivity index (χ0n) is 15.0. The van der Waals surface area contributed by atoms with Crippen LogP contribution in [0.3, 0.4) is 0 Å². The summed E-state index contributed by atoms with van der Waals surface area (Å²) < 4.78 is 0. The summed E-state index contributed by atoms with van der Waals surface area (Å²) in [6.07, 6.45) is 1.91. The van der Waals surface area contributed by atoms with E-state index >= 15 is 0 Å². The van der Waals surface area contributed by atoms with Gasteiger partial charge in [0.05, 0.1) is 5.92 Å². The molecule has 0 saturated carbocycles. The second kappa shape index (κ2) is 7.70. The topological polar surface area (TPSA) is 52.6 Å². The van der Waals surface area contributed by atoms with Gasteiger partial charge in [0.15, 0.2) is 0 Å². The number of aryl methyl sites for hydroxylation is 2. The number of nitrogens with one attached hydrogen (secondary N) is 1. The molecule has 3 rings (SSSR count). The van der Waals surface area contributed by atoms with Gasteiger partial charge in [-0.1, -0.05) is 24.3 Å². The van der Waals surface area contributed by atoms with Gasteiger partial charge in [-0.25, -0.2) is 0 Å². The Balaban J connectivity index is 1.63. The number of aromatic hydroxyl groups is 1. The van der Waals surface area contributed by atoms with E-state index in [1.165, 1.54) is 5.56 Å². The molecular weight excluding hydrogens is 312 g/mol. The fourth-order valence-electron chi connectivity index (χ4n) is 3.41. The van der Waals surface area contributed by atoms with Crippen LogP contribution in [0.25, 0.3) is 0 Å². The Hall–Kier alpha value is -2.33. The average molecular weight is 338 g/mol. The third kappa shape index (κ3) is 4.40. The number of likely N-dealkylation sites (tertiary alicyclic amines) is 1. The summed E-state index contributed by atoms with van der Waals surface area (Å²) in [5.41, 5.74) is 4.06. The first-order valence-electron chi connectivity index (χ1n) is 8.90. The van der Waals surface area contributed by atoms with Gasteiger partial charge in [-0.2, -0.15) is 0 Å². The largest absolute Gasteiger partial charge is 0.508 e. The average Bonchev–Trinajstić information content (AvgIpc) is 2.61. The Kier molecular flexibility index (Phi) is 5.39. The lowest BCUT2D eigenvalue weighted by Gasteiger charge is -2.32. The normalized spacial score (nSPS) is 18.1. The molecule has 25 heavy (non-hydrogen) atoms. The van der Waals surface area contributed by atoms with Crippen molar-refractivity contribution in [2.45, 2.75) is 33.2 Å². The van der Waals surface area contributed by atoms with Crippen LogP contribution in [-0.4, -0.2) is 29.0 Å². The van der Waals surface area contributed by atoms with Crippen LogP contribution in [0.4, 0.5) is 5.69 Å². The van der Waals surface area contributed by atoms with E-state index < -0.39 is 0 Å². The van der Waals surface area contributed by atoms with Crippen molar-refractivity contribution in [2.24, 2.45) is 5.92 Å². The smallest absolute Gasteiger partial charge is 0.228 e.